The molecule has 1 aliphatic heterocycles. The molecule has 0 saturated carbocycles. The van der Waals surface area contributed by atoms with Crippen LogP contribution in [0.4, 0.5) is 5.69 Å². The Hall–Kier alpha value is -1.84. The van der Waals surface area contributed by atoms with E-state index in [0.29, 0.717) is 0 Å². The molecular weight excluding hydrogens is 224 g/mol. The summed E-state index contributed by atoms with van der Waals surface area (Å²) in [5.41, 5.74) is 3.46. The monoisotopic (exact) mass is 241 g/mol. The third kappa shape index (κ3) is 2.10. The molecule has 2 aromatic heterocycles. The lowest BCUT2D eigenvalue weighted by Crippen LogP contribution is -2.30. The highest BCUT2D eigenvalue weighted by Crippen LogP contribution is 2.25. The van der Waals surface area contributed by atoms with Crippen LogP contribution in [0.25, 0.3) is 5.69 Å². The molecule has 93 valence electrons. The average molecular weight is 241 g/mol. The Morgan fingerprint density at radius 2 is 1.94 bits per heavy atom. The summed E-state index contributed by atoms with van der Waals surface area (Å²) < 4.78 is 1.94. The second-order valence-electron chi connectivity index (χ2n) is 4.68. The van der Waals surface area contributed by atoms with E-state index in [0.717, 1.165) is 31.6 Å². The Morgan fingerprint density at radius 1 is 1.11 bits per heavy atom. The molecule has 0 aromatic carbocycles. The molecule has 0 aliphatic carbocycles. The van der Waals surface area contributed by atoms with E-state index in [2.05, 4.69) is 34.5 Å². The van der Waals surface area contributed by atoms with Crippen LogP contribution in [-0.4, -0.2) is 27.9 Å². The van der Waals surface area contributed by atoms with Crippen LogP contribution in [0.2, 0.25) is 0 Å². The quantitative estimate of drug-likeness (QED) is 0.809. The zero-order valence-corrected chi connectivity index (χ0v) is 10.6. The van der Waals surface area contributed by atoms with Crippen molar-refractivity contribution in [1.29, 1.82) is 0 Å². The number of hydrogen-bond acceptors (Lipinski definition) is 3. The summed E-state index contributed by atoms with van der Waals surface area (Å²) in [7, 11) is 0. The number of aromatic nitrogens is 3. The molecular formula is C14H17N4. The van der Waals surface area contributed by atoms with Crippen LogP contribution in [0.3, 0.4) is 0 Å². The van der Waals surface area contributed by atoms with E-state index in [4.69, 9.17) is 0 Å². The maximum Gasteiger partial charge on any atom is 0.0910 e. The topological polar surface area (TPSA) is 34.0 Å². The second-order valence-corrected chi connectivity index (χ2v) is 4.68. The molecule has 1 radical (unpaired) electrons. The minimum Gasteiger partial charge on any atom is -0.369 e. The van der Waals surface area contributed by atoms with Crippen LogP contribution in [-0.2, 0) is 0 Å². The van der Waals surface area contributed by atoms with Crippen LogP contribution in [0.15, 0.2) is 30.9 Å². The Kier molecular flexibility index (Phi) is 3.00. The predicted octanol–water partition coefficient (Wildman–Crippen LogP) is 2.38. The summed E-state index contributed by atoms with van der Waals surface area (Å²) in [5.74, 6) is 0. The first kappa shape index (κ1) is 11.3. The number of nitrogens with zero attached hydrogens (tertiary/aromatic N) is 4. The van der Waals surface area contributed by atoms with E-state index in [1.165, 1.54) is 11.3 Å². The van der Waals surface area contributed by atoms with Crippen molar-refractivity contribution in [1.82, 2.24) is 14.8 Å². The van der Waals surface area contributed by atoms with Crippen molar-refractivity contribution < 1.29 is 0 Å². The molecule has 0 spiro atoms. The highest BCUT2D eigenvalue weighted by atomic mass is 15.3. The normalized spacial score (nSPS) is 15.9. The first-order valence-corrected chi connectivity index (χ1v) is 6.37. The molecule has 0 atom stereocenters. The van der Waals surface area contributed by atoms with Gasteiger partial charge in [-0.1, -0.05) is 0 Å². The summed E-state index contributed by atoms with van der Waals surface area (Å²) in [6.07, 6.45) is 12.3. The lowest BCUT2D eigenvalue weighted by Gasteiger charge is -2.29. The van der Waals surface area contributed by atoms with Gasteiger partial charge in [0.1, 0.15) is 0 Å². The third-order valence-electron chi connectivity index (χ3n) is 3.28. The van der Waals surface area contributed by atoms with Gasteiger partial charge >= 0.3 is 0 Å². The first-order valence-electron chi connectivity index (χ1n) is 6.37. The van der Waals surface area contributed by atoms with Crippen LogP contribution in [0, 0.1) is 13.3 Å². The van der Waals surface area contributed by atoms with Crippen molar-refractivity contribution in [3.63, 3.8) is 0 Å². The number of piperidine rings is 1. The minimum atomic E-state index is 1.07. The number of pyridine rings is 1. The van der Waals surface area contributed by atoms with Crippen molar-refractivity contribution in [3.05, 3.63) is 42.8 Å². The molecule has 0 N–H and O–H groups in total. The molecule has 18 heavy (non-hydrogen) atoms. The van der Waals surface area contributed by atoms with E-state index < -0.39 is 0 Å². The molecule has 3 rings (SSSR count). The lowest BCUT2D eigenvalue weighted by molar-refractivity contribution is 0.674. The fourth-order valence-corrected chi connectivity index (χ4v) is 2.35. The number of anilines is 1. The van der Waals surface area contributed by atoms with Gasteiger partial charge in [0.2, 0.25) is 0 Å². The van der Waals surface area contributed by atoms with Crippen molar-refractivity contribution in [3.8, 4) is 5.69 Å². The Bertz CT molecular complexity index is 526. The molecule has 0 amide bonds. The molecule has 4 nitrogen and oxygen atoms in total. The van der Waals surface area contributed by atoms with Gasteiger partial charge in [-0.2, -0.15) is 5.10 Å². The number of aryl methyl sites for hydroxylation is 1. The summed E-state index contributed by atoms with van der Waals surface area (Å²) in [6.45, 7) is 4.19. The number of rotatable bonds is 2. The van der Waals surface area contributed by atoms with Crippen LogP contribution < -0.4 is 4.90 Å². The van der Waals surface area contributed by atoms with Gasteiger partial charge in [-0.05, 0) is 37.8 Å². The van der Waals surface area contributed by atoms with Crippen LogP contribution in [0.5, 0.6) is 0 Å². The van der Waals surface area contributed by atoms with E-state index in [-0.39, 0.29) is 0 Å². The molecule has 1 aliphatic rings. The fourth-order valence-electron chi connectivity index (χ4n) is 2.35. The van der Waals surface area contributed by atoms with Gasteiger partial charge in [0.15, 0.2) is 0 Å². The summed E-state index contributed by atoms with van der Waals surface area (Å²) in [4.78, 5) is 6.65. The maximum absolute atomic E-state index is 4.40. The van der Waals surface area contributed by atoms with Crippen LogP contribution in [0.1, 0.15) is 18.4 Å². The molecule has 3 heterocycles. The van der Waals surface area contributed by atoms with Crippen molar-refractivity contribution in [2.45, 2.75) is 19.8 Å². The van der Waals surface area contributed by atoms with Crippen LogP contribution >= 0.6 is 0 Å². The SMILES string of the molecule is Cc1cnn(-c2ccncc2N2CC[CH]CC2)c1. The number of hydrogen-bond donors (Lipinski definition) is 0. The lowest BCUT2D eigenvalue weighted by atomic mass is 10.1. The molecule has 0 bridgehead atoms. The van der Waals surface area contributed by atoms with Gasteiger partial charge in [0.05, 0.1) is 23.8 Å². The fraction of sp³-hybridized carbons (Fsp3) is 0.357. The van der Waals surface area contributed by atoms with Gasteiger partial charge in [-0.15, -0.1) is 0 Å². The summed E-state index contributed by atoms with van der Waals surface area (Å²) >= 11 is 0. The molecule has 4 heteroatoms. The Balaban J connectivity index is 1.99. The van der Waals surface area contributed by atoms with Crippen molar-refractivity contribution in [2.75, 3.05) is 18.0 Å². The largest absolute Gasteiger partial charge is 0.369 e. The Labute approximate surface area is 107 Å². The molecule has 1 saturated heterocycles. The molecule has 1 fully saturated rings. The minimum absolute atomic E-state index is 1.07. The van der Waals surface area contributed by atoms with Gasteiger partial charge in [-0.3, -0.25) is 4.98 Å². The first-order chi connectivity index (χ1) is 8.84. The van der Waals surface area contributed by atoms with E-state index in [1.807, 2.05) is 29.3 Å². The average Bonchev–Trinajstić information content (AvgIpc) is 2.86. The zero-order chi connectivity index (χ0) is 12.4. The predicted molar refractivity (Wildman–Crippen MR) is 71.8 cm³/mol. The van der Waals surface area contributed by atoms with Crippen molar-refractivity contribution in [2.24, 2.45) is 0 Å². The Morgan fingerprint density at radius 3 is 2.67 bits per heavy atom. The zero-order valence-electron chi connectivity index (χ0n) is 10.6. The van der Waals surface area contributed by atoms with E-state index >= 15 is 0 Å². The van der Waals surface area contributed by atoms with Gasteiger partial charge < -0.3 is 4.90 Å². The van der Waals surface area contributed by atoms with Gasteiger partial charge in [-0.25, -0.2) is 4.68 Å². The molecule has 2 aromatic rings. The standard InChI is InChI=1S/C14H17N4/c1-12-9-16-18(11-12)13-5-6-15-10-14(13)17-7-3-2-4-8-17/h2,5-6,9-11H,3-4,7-8H2,1H3. The van der Waals surface area contributed by atoms with Gasteiger partial charge in [0.25, 0.3) is 0 Å². The van der Waals surface area contributed by atoms with E-state index in [9.17, 15) is 0 Å². The second kappa shape index (κ2) is 4.80. The maximum atomic E-state index is 4.40. The third-order valence-corrected chi connectivity index (χ3v) is 3.28. The molecule has 0 unspecified atom stereocenters. The van der Waals surface area contributed by atoms with Crippen molar-refractivity contribution >= 4 is 5.69 Å². The van der Waals surface area contributed by atoms with Gasteiger partial charge in [0, 0.05) is 25.5 Å². The summed E-state index contributed by atoms with van der Waals surface area (Å²) in [6, 6.07) is 2.03. The highest BCUT2D eigenvalue weighted by Gasteiger charge is 2.15. The van der Waals surface area contributed by atoms with E-state index in [1.54, 1.807) is 0 Å². The summed E-state index contributed by atoms with van der Waals surface area (Å²) in [5, 5.41) is 4.40. The highest BCUT2D eigenvalue weighted by molar-refractivity contribution is 5.61. The smallest absolute Gasteiger partial charge is 0.0910 e.